The molecule has 2 amide bonds. The maximum absolute atomic E-state index is 12.1. The summed E-state index contributed by atoms with van der Waals surface area (Å²) in [5.74, 6) is -0.510. The van der Waals surface area contributed by atoms with Gasteiger partial charge in [-0.2, -0.15) is 0 Å². The second-order valence-electron chi connectivity index (χ2n) is 5.55. The van der Waals surface area contributed by atoms with E-state index in [1.54, 1.807) is 18.3 Å². The fraction of sp³-hybridized carbons (Fsp3) is 0.400. The lowest BCUT2D eigenvalue weighted by atomic mass is 10.1. The molecule has 1 aliphatic rings. The molecule has 0 spiro atoms. The van der Waals surface area contributed by atoms with Crippen molar-refractivity contribution >= 4 is 34.3 Å². The highest BCUT2D eigenvalue weighted by Crippen LogP contribution is 2.17. The van der Waals surface area contributed by atoms with Gasteiger partial charge in [0.15, 0.2) is 0 Å². The molecule has 0 atom stereocenters. The zero-order valence-electron chi connectivity index (χ0n) is 12.5. The van der Waals surface area contributed by atoms with Crippen LogP contribution in [0.2, 0.25) is 5.15 Å². The first-order valence-electron chi connectivity index (χ1n) is 7.54. The first-order chi connectivity index (χ1) is 11.1. The van der Waals surface area contributed by atoms with E-state index in [2.05, 4.69) is 25.9 Å². The smallest absolute Gasteiger partial charge is 0.268 e. The minimum absolute atomic E-state index is 0.0445. The molecule has 1 aliphatic heterocycles. The van der Waals surface area contributed by atoms with Crippen molar-refractivity contribution in [2.45, 2.75) is 18.9 Å². The minimum Gasteiger partial charge on any atom is -0.352 e. The number of amides is 2. The van der Waals surface area contributed by atoms with Crippen LogP contribution in [0.4, 0.5) is 0 Å². The maximum atomic E-state index is 12.1. The summed E-state index contributed by atoms with van der Waals surface area (Å²) in [5.41, 5.74) is 1.09. The van der Waals surface area contributed by atoms with E-state index >= 15 is 0 Å². The number of hydrogen-bond donors (Lipinski definition) is 4. The summed E-state index contributed by atoms with van der Waals surface area (Å²) in [7, 11) is 0. The van der Waals surface area contributed by atoms with Crippen molar-refractivity contribution in [1.82, 2.24) is 25.9 Å². The van der Waals surface area contributed by atoms with E-state index in [0.29, 0.717) is 10.8 Å². The number of aromatic nitrogens is 2. The van der Waals surface area contributed by atoms with Gasteiger partial charge in [-0.25, -0.2) is 4.98 Å². The van der Waals surface area contributed by atoms with Crippen molar-refractivity contribution in [3.63, 3.8) is 0 Å². The van der Waals surface area contributed by atoms with Crippen molar-refractivity contribution in [3.8, 4) is 0 Å². The monoisotopic (exact) mass is 335 g/mol. The predicted molar refractivity (Wildman–Crippen MR) is 87.5 cm³/mol. The number of H-pyrrole nitrogens is 1. The first kappa shape index (κ1) is 15.8. The Morgan fingerprint density at radius 3 is 2.87 bits per heavy atom. The van der Waals surface area contributed by atoms with E-state index < -0.39 is 0 Å². The topological polar surface area (TPSA) is 98.9 Å². The molecule has 2 aromatic heterocycles. The Balaban J connectivity index is 1.54. The molecule has 1 fully saturated rings. The number of hydrogen-bond acceptors (Lipinski definition) is 4. The number of piperidine rings is 1. The van der Waals surface area contributed by atoms with Gasteiger partial charge in [0.2, 0.25) is 5.91 Å². The molecular weight excluding hydrogens is 318 g/mol. The molecule has 1 saturated heterocycles. The van der Waals surface area contributed by atoms with Gasteiger partial charge < -0.3 is 20.9 Å². The number of fused-ring (bicyclic) bond motifs is 1. The third-order valence-corrected chi connectivity index (χ3v) is 4.04. The average molecular weight is 336 g/mol. The number of aromatic amines is 1. The summed E-state index contributed by atoms with van der Waals surface area (Å²) >= 11 is 5.82. The summed E-state index contributed by atoms with van der Waals surface area (Å²) in [5, 5.41) is 9.94. The molecule has 23 heavy (non-hydrogen) atoms. The van der Waals surface area contributed by atoms with Crippen LogP contribution in [0.1, 0.15) is 23.3 Å². The molecule has 2 aromatic rings. The van der Waals surface area contributed by atoms with Gasteiger partial charge in [-0.1, -0.05) is 11.6 Å². The summed E-state index contributed by atoms with van der Waals surface area (Å²) < 4.78 is 0. The van der Waals surface area contributed by atoms with E-state index in [9.17, 15) is 9.59 Å². The summed E-state index contributed by atoms with van der Waals surface area (Å²) in [6.07, 6.45) is 3.39. The number of nitrogens with one attached hydrogen (secondary N) is 4. The van der Waals surface area contributed by atoms with Crippen LogP contribution < -0.4 is 16.0 Å². The van der Waals surface area contributed by atoms with Crippen LogP contribution in [0, 0.1) is 0 Å². The predicted octanol–water partition coefficient (Wildman–Crippen LogP) is 0.814. The van der Waals surface area contributed by atoms with E-state index in [0.717, 1.165) is 36.8 Å². The maximum Gasteiger partial charge on any atom is 0.268 e. The fourth-order valence-electron chi connectivity index (χ4n) is 2.63. The van der Waals surface area contributed by atoms with Crippen molar-refractivity contribution in [2.75, 3.05) is 19.6 Å². The van der Waals surface area contributed by atoms with Crippen LogP contribution in [-0.2, 0) is 4.79 Å². The Hall–Kier alpha value is -2.12. The quantitative estimate of drug-likeness (QED) is 0.621. The van der Waals surface area contributed by atoms with Gasteiger partial charge in [0, 0.05) is 11.4 Å². The van der Waals surface area contributed by atoms with Gasteiger partial charge in [0.25, 0.3) is 5.91 Å². The highest BCUT2D eigenvalue weighted by molar-refractivity contribution is 6.30. The molecule has 0 bridgehead atoms. The van der Waals surface area contributed by atoms with Gasteiger partial charge in [0.05, 0.1) is 18.3 Å². The summed E-state index contributed by atoms with van der Waals surface area (Å²) in [4.78, 5) is 30.9. The van der Waals surface area contributed by atoms with Gasteiger partial charge in [-0.3, -0.25) is 9.59 Å². The lowest BCUT2D eigenvalue weighted by molar-refractivity contribution is -0.121. The Labute approximate surface area is 138 Å². The normalized spacial score (nSPS) is 15.5. The number of carbonyl (C=O) groups excluding carboxylic acids is 2. The molecule has 4 N–H and O–H groups in total. The van der Waals surface area contributed by atoms with E-state index in [4.69, 9.17) is 11.6 Å². The molecule has 0 saturated carbocycles. The van der Waals surface area contributed by atoms with Crippen LogP contribution in [0.5, 0.6) is 0 Å². The van der Waals surface area contributed by atoms with E-state index in [1.165, 1.54) is 0 Å². The van der Waals surface area contributed by atoms with Crippen LogP contribution in [0.25, 0.3) is 10.9 Å². The molecule has 8 heteroatoms. The third kappa shape index (κ3) is 4.00. The number of nitrogens with zero attached hydrogens (tertiary/aromatic N) is 1. The lowest BCUT2D eigenvalue weighted by Crippen LogP contribution is -2.46. The molecule has 7 nitrogen and oxygen atoms in total. The number of pyridine rings is 1. The van der Waals surface area contributed by atoms with Crippen LogP contribution in [-0.4, -0.2) is 47.5 Å². The summed E-state index contributed by atoms with van der Waals surface area (Å²) in [6.45, 7) is 1.77. The van der Waals surface area contributed by atoms with Crippen molar-refractivity contribution in [2.24, 2.45) is 0 Å². The molecule has 0 aromatic carbocycles. The Kier molecular flexibility index (Phi) is 4.78. The molecule has 0 radical (unpaired) electrons. The summed E-state index contributed by atoms with van der Waals surface area (Å²) in [6, 6.07) is 3.54. The number of rotatable bonds is 4. The van der Waals surface area contributed by atoms with E-state index in [1.807, 2.05) is 0 Å². The van der Waals surface area contributed by atoms with Crippen LogP contribution in [0.15, 0.2) is 18.3 Å². The van der Waals surface area contributed by atoms with Crippen molar-refractivity contribution in [3.05, 3.63) is 29.2 Å². The Morgan fingerprint density at radius 2 is 2.09 bits per heavy atom. The molecule has 122 valence electrons. The Morgan fingerprint density at radius 1 is 1.30 bits per heavy atom. The second kappa shape index (κ2) is 6.97. The molecule has 0 aliphatic carbocycles. The molecule has 0 unspecified atom stereocenters. The largest absolute Gasteiger partial charge is 0.352 e. The molecule has 3 rings (SSSR count). The second-order valence-corrected chi connectivity index (χ2v) is 5.94. The number of carbonyl (C=O) groups is 2. The third-order valence-electron chi connectivity index (χ3n) is 3.83. The van der Waals surface area contributed by atoms with E-state index in [-0.39, 0.29) is 24.4 Å². The van der Waals surface area contributed by atoms with Crippen molar-refractivity contribution in [1.29, 1.82) is 0 Å². The van der Waals surface area contributed by atoms with Gasteiger partial charge in [-0.15, -0.1) is 0 Å². The van der Waals surface area contributed by atoms with Gasteiger partial charge in [0.1, 0.15) is 10.8 Å². The van der Waals surface area contributed by atoms with Gasteiger partial charge >= 0.3 is 0 Å². The molecule has 3 heterocycles. The minimum atomic E-state index is -0.335. The zero-order chi connectivity index (χ0) is 16.2. The SMILES string of the molecule is O=C(CNC(=O)c1cc2cc(Cl)ncc2[nH]1)NC1CCNCC1. The Bertz CT molecular complexity index is 724. The zero-order valence-corrected chi connectivity index (χ0v) is 13.2. The van der Waals surface area contributed by atoms with Crippen LogP contribution in [0.3, 0.4) is 0 Å². The van der Waals surface area contributed by atoms with Crippen LogP contribution >= 0.6 is 11.6 Å². The molecular formula is C15H18ClN5O2. The highest BCUT2D eigenvalue weighted by Gasteiger charge is 2.16. The van der Waals surface area contributed by atoms with Gasteiger partial charge in [-0.05, 0) is 38.1 Å². The fourth-order valence-corrected chi connectivity index (χ4v) is 2.79. The lowest BCUT2D eigenvalue weighted by Gasteiger charge is -2.23. The number of halogens is 1. The average Bonchev–Trinajstić information content (AvgIpc) is 2.96. The highest BCUT2D eigenvalue weighted by atomic mass is 35.5. The standard InChI is InChI=1S/C15H18ClN5O2/c16-13-6-9-5-11(21-12(9)7-18-13)15(23)19-8-14(22)20-10-1-3-17-4-2-10/h5-7,10,17,21H,1-4,8H2,(H,19,23)(H,20,22). The first-order valence-corrected chi connectivity index (χ1v) is 7.92. The van der Waals surface area contributed by atoms with Crippen molar-refractivity contribution < 1.29 is 9.59 Å².